The maximum atomic E-state index is 14.0. The van der Waals surface area contributed by atoms with Crippen molar-refractivity contribution in [3.05, 3.63) is 100 Å². The molecule has 0 heterocycles. The first-order chi connectivity index (χ1) is 20.8. The van der Waals surface area contributed by atoms with Gasteiger partial charge >= 0.3 is 0 Å². The van der Waals surface area contributed by atoms with Gasteiger partial charge < -0.3 is 20.6 Å². The smallest absolute Gasteiger partial charge is 0.253 e. The van der Waals surface area contributed by atoms with E-state index in [0.29, 0.717) is 29.8 Å². The predicted octanol–water partition coefficient (Wildman–Crippen LogP) is 4.43. The number of hydrogen-bond acceptors (Lipinski definition) is 6. The minimum absolute atomic E-state index is 0.0214. The molecule has 0 saturated carbocycles. The lowest BCUT2D eigenvalue weighted by Gasteiger charge is -2.25. The van der Waals surface area contributed by atoms with Gasteiger partial charge in [-0.2, -0.15) is 0 Å². The molecule has 11 heteroatoms. The fourth-order valence-electron chi connectivity index (χ4n) is 4.99. The zero-order valence-corrected chi connectivity index (χ0v) is 26.4. The zero-order chi connectivity index (χ0) is 32.4. The molecule has 3 aromatic carbocycles. The second kappa shape index (κ2) is 15.9. The predicted molar refractivity (Wildman–Crippen MR) is 166 cm³/mol. The number of nitrogens with zero attached hydrogens (tertiary/aromatic N) is 1. The van der Waals surface area contributed by atoms with Crippen LogP contribution in [0.3, 0.4) is 0 Å². The molecule has 0 aromatic heterocycles. The topological polar surface area (TPSA) is 116 Å². The number of rotatable bonds is 15. The molecule has 2 atom stereocenters. The van der Waals surface area contributed by atoms with Crippen molar-refractivity contribution in [2.75, 3.05) is 25.9 Å². The van der Waals surface area contributed by atoms with Gasteiger partial charge in [0.25, 0.3) is 11.8 Å². The Labute approximate surface area is 258 Å². The molecule has 3 rings (SSSR count). The number of sulfone groups is 1. The van der Waals surface area contributed by atoms with E-state index in [-0.39, 0.29) is 41.4 Å². The average Bonchev–Trinajstić information content (AvgIpc) is 2.95. The number of halogens is 2. The highest BCUT2D eigenvalue weighted by Gasteiger charge is 2.24. The summed E-state index contributed by atoms with van der Waals surface area (Å²) in [4.78, 5) is 28.6. The summed E-state index contributed by atoms with van der Waals surface area (Å²) in [7, 11) is -3.39. The van der Waals surface area contributed by atoms with Gasteiger partial charge in [-0.1, -0.05) is 26.0 Å². The molecule has 0 saturated heterocycles. The standard InChI is InChI=1S/C33H41F2N3O5S/c1-5-10-38(11-6-2)33(41)26-13-22(3)12-25(18-26)32(40)37-30(17-24-14-27(34)19-28(35)15-24)31(39)21-36-20-23-8-7-9-29(16-23)44(4,42)43/h7-9,12-16,18-19,30-31,36,39H,5-6,10-11,17,20-21H2,1-4H3,(H,37,40)/t30-,31+/m0/s1. The molecule has 8 nitrogen and oxygen atoms in total. The van der Waals surface area contributed by atoms with Crippen molar-refractivity contribution in [1.29, 1.82) is 0 Å². The summed E-state index contributed by atoms with van der Waals surface area (Å²) in [5.74, 6) is -2.30. The van der Waals surface area contributed by atoms with Gasteiger partial charge in [-0.25, -0.2) is 17.2 Å². The second-order valence-electron chi connectivity index (χ2n) is 11.1. The number of aryl methyl sites for hydroxylation is 1. The molecule has 0 radical (unpaired) electrons. The lowest BCUT2D eigenvalue weighted by molar-refractivity contribution is 0.0755. The Kier molecular flexibility index (Phi) is 12.6. The van der Waals surface area contributed by atoms with Gasteiger partial charge in [0.15, 0.2) is 9.84 Å². The Morgan fingerprint density at radius 2 is 1.55 bits per heavy atom. The third-order valence-corrected chi connectivity index (χ3v) is 8.14. The maximum absolute atomic E-state index is 14.0. The maximum Gasteiger partial charge on any atom is 0.253 e. The molecule has 0 unspecified atom stereocenters. The average molecular weight is 630 g/mol. The zero-order valence-electron chi connectivity index (χ0n) is 25.6. The summed E-state index contributed by atoms with van der Waals surface area (Å²) in [6.45, 7) is 7.14. The molecule has 0 aliphatic rings. The normalized spacial score (nSPS) is 12.9. The van der Waals surface area contributed by atoms with Gasteiger partial charge in [-0.15, -0.1) is 0 Å². The van der Waals surface area contributed by atoms with E-state index in [0.717, 1.165) is 37.3 Å². The van der Waals surface area contributed by atoms with Crippen molar-refractivity contribution in [2.24, 2.45) is 0 Å². The summed E-state index contributed by atoms with van der Waals surface area (Å²) >= 11 is 0. The number of hydrogen-bond donors (Lipinski definition) is 3. The van der Waals surface area contributed by atoms with Gasteiger partial charge in [0.1, 0.15) is 11.6 Å². The molecule has 238 valence electrons. The number of carbonyl (C=O) groups excluding carboxylic acids is 2. The Morgan fingerprint density at radius 1 is 0.909 bits per heavy atom. The number of aliphatic hydroxyl groups is 1. The summed E-state index contributed by atoms with van der Waals surface area (Å²) in [6, 6.07) is 13.3. The fourth-order valence-corrected chi connectivity index (χ4v) is 5.68. The minimum atomic E-state index is -3.39. The molecule has 0 spiro atoms. The highest BCUT2D eigenvalue weighted by molar-refractivity contribution is 7.90. The molecular formula is C33H41F2N3O5S. The number of aliphatic hydroxyl groups excluding tert-OH is 1. The Morgan fingerprint density at radius 3 is 2.16 bits per heavy atom. The lowest BCUT2D eigenvalue weighted by Crippen LogP contribution is -2.48. The van der Waals surface area contributed by atoms with Crippen LogP contribution < -0.4 is 10.6 Å². The van der Waals surface area contributed by atoms with E-state index in [1.54, 1.807) is 36.1 Å². The Balaban J connectivity index is 1.81. The molecule has 2 amide bonds. The second-order valence-corrected chi connectivity index (χ2v) is 13.1. The lowest BCUT2D eigenvalue weighted by atomic mass is 9.99. The van der Waals surface area contributed by atoms with Crippen LogP contribution in [0.25, 0.3) is 0 Å². The van der Waals surface area contributed by atoms with Crippen LogP contribution in [-0.2, 0) is 22.8 Å². The summed E-state index contributed by atoms with van der Waals surface area (Å²) in [6.07, 6.45) is 1.43. The van der Waals surface area contributed by atoms with Crippen molar-refractivity contribution < 1.29 is 31.9 Å². The molecule has 44 heavy (non-hydrogen) atoms. The first-order valence-corrected chi connectivity index (χ1v) is 16.5. The van der Waals surface area contributed by atoms with Crippen LogP contribution in [-0.4, -0.2) is 68.3 Å². The minimum Gasteiger partial charge on any atom is -0.390 e. The van der Waals surface area contributed by atoms with Crippen molar-refractivity contribution in [3.8, 4) is 0 Å². The van der Waals surface area contributed by atoms with Crippen LogP contribution in [0.5, 0.6) is 0 Å². The molecular weight excluding hydrogens is 588 g/mol. The van der Waals surface area contributed by atoms with Crippen molar-refractivity contribution in [1.82, 2.24) is 15.5 Å². The quantitative estimate of drug-likeness (QED) is 0.229. The molecule has 0 aliphatic carbocycles. The molecule has 3 aromatic rings. The molecule has 0 fully saturated rings. The van der Waals surface area contributed by atoms with Gasteiger partial charge in [-0.05, 0) is 85.3 Å². The van der Waals surface area contributed by atoms with Crippen molar-refractivity contribution in [3.63, 3.8) is 0 Å². The molecule has 0 bridgehead atoms. The summed E-state index contributed by atoms with van der Waals surface area (Å²) < 4.78 is 51.7. The van der Waals surface area contributed by atoms with Gasteiger partial charge in [0.05, 0.1) is 17.0 Å². The van der Waals surface area contributed by atoms with E-state index in [4.69, 9.17) is 0 Å². The van der Waals surface area contributed by atoms with Crippen LogP contribution in [0, 0.1) is 18.6 Å². The van der Waals surface area contributed by atoms with E-state index in [1.165, 1.54) is 18.2 Å². The van der Waals surface area contributed by atoms with Crippen LogP contribution in [0.1, 0.15) is 64.1 Å². The van der Waals surface area contributed by atoms with Crippen LogP contribution >= 0.6 is 0 Å². The number of benzene rings is 3. The Hall–Kier alpha value is -3.67. The largest absolute Gasteiger partial charge is 0.390 e. The van der Waals surface area contributed by atoms with E-state index in [9.17, 15) is 31.9 Å². The van der Waals surface area contributed by atoms with Gasteiger partial charge in [-0.3, -0.25) is 9.59 Å². The van der Waals surface area contributed by atoms with Crippen molar-refractivity contribution in [2.45, 2.75) is 63.6 Å². The first kappa shape index (κ1) is 34.8. The third-order valence-electron chi connectivity index (χ3n) is 7.03. The fraction of sp³-hybridized carbons (Fsp3) is 0.394. The SMILES string of the molecule is CCCN(CCC)C(=O)c1cc(C)cc(C(=O)N[C@@H](Cc2cc(F)cc(F)c2)[C@H](O)CNCc2cccc(S(C)(=O)=O)c2)c1. The first-order valence-electron chi connectivity index (χ1n) is 14.6. The van der Waals surface area contributed by atoms with Crippen LogP contribution in [0.4, 0.5) is 8.78 Å². The number of carbonyl (C=O) groups is 2. The van der Waals surface area contributed by atoms with E-state index in [1.807, 2.05) is 13.8 Å². The monoisotopic (exact) mass is 629 g/mol. The van der Waals surface area contributed by atoms with E-state index >= 15 is 0 Å². The van der Waals surface area contributed by atoms with Gasteiger partial charge in [0, 0.05) is 49.6 Å². The van der Waals surface area contributed by atoms with E-state index < -0.39 is 39.5 Å². The molecule has 0 aliphatic heterocycles. The van der Waals surface area contributed by atoms with Crippen molar-refractivity contribution >= 4 is 21.7 Å². The highest BCUT2D eigenvalue weighted by Crippen LogP contribution is 2.17. The number of amides is 2. The van der Waals surface area contributed by atoms with Crippen LogP contribution in [0.15, 0.2) is 65.6 Å². The number of nitrogens with one attached hydrogen (secondary N) is 2. The van der Waals surface area contributed by atoms with Crippen LogP contribution in [0.2, 0.25) is 0 Å². The Bertz CT molecular complexity index is 1540. The summed E-state index contributed by atoms with van der Waals surface area (Å²) in [5.41, 5.74) is 2.21. The molecule has 3 N–H and O–H groups in total. The van der Waals surface area contributed by atoms with E-state index in [2.05, 4.69) is 10.6 Å². The van der Waals surface area contributed by atoms with Gasteiger partial charge in [0.2, 0.25) is 0 Å². The summed E-state index contributed by atoms with van der Waals surface area (Å²) in [5, 5.41) is 17.0. The third kappa shape index (κ3) is 10.2. The highest BCUT2D eigenvalue weighted by atomic mass is 32.2.